The molecule has 3 heteroatoms. The molecule has 0 aliphatic carbocycles. The molecule has 0 fully saturated rings. The van der Waals surface area contributed by atoms with Crippen LogP contribution >= 0.6 is 0 Å². The third kappa shape index (κ3) is 2.74. The minimum absolute atomic E-state index is 0.326. The highest BCUT2D eigenvalue weighted by atomic mass is 15.1. The lowest BCUT2D eigenvalue weighted by Gasteiger charge is -2.17. The van der Waals surface area contributed by atoms with Crippen LogP contribution in [0.15, 0.2) is 42.9 Å². The van der Waals surface area contributed by atoms with Crippen LogP contribution in [0, 0.1) is 0 Å². The zero-order valence-electron chi connectivity index (χ0n) is 10.4. The summed E-state index contributed by atoms with van der Waals surface area (Å²) >= 11 is 0. The normalized spacial score (nSPS) is 12.6. The highest BCUT2D eigenvalue weighted by Crippen LogP contribution is 2.19. The van der Waals surface area contributed by atoms with E-state index in [1.54, 1.807) is 0 Å². The van der Waals surface area contributed by atoms with Crippen LogP contribution in [0.5, 0.6) is 0 Å². The SMILES string of the molecule is CCNCc1cncn1C(C)c1ccccc1. The average molecular weight is 229 g/mol. The third-order valence-electron chi connectivity index (χ3n) is 3.00. The summed E-state index contributed by atoms with van der Waals surface area (Å²) < 4.78 is 2.22. The largest absolute Gasteiger partial charge is 0.326 e. The predicted molar refractivity (Wildman–Crippen MR) is 69.9 cm³/mol. The Morgan fingerprint density at radius 3 is 2.76 bits per heavy atom. The lowest BCUT2D eigenvalue weighted by molar-refractivity contribution is 0.583. The molecular weight excluding hydrogens is 210 g/mol. The molecule has 17 heavy (non-hydrogen) atoms. The zero-order valence-corrected chi connectivity index (χ0v) is 10.4. The fourth-order valence-corrected chi connectivity index (χ4v) is 1.96. The number of nitrogens with one attached hydrogen (secondary N) is 1. The molecule has 0 saturated heterocycles. The van der Waals surface area contributed by atoms with E-state index in [9.17, 15) is 0 Å². The van der Waals surface area contributed by atoms with Crippen LogP contribution in [0.1, 0.15) is 31.1 Å². The summed E-state index contributed by atoms with van der Waals surface area (Å²) in [5, 5.41) is 3.34. The Balaban J connectivity index is 2.19. The fourth-order valence-electron chi connectivity index (χ4n) is 1.96. The Morgan fingerprint density at radius 2 is 2.06 bits per heavy atom. The molecule has 1 unspecified atom stereocenters. The van der Waals surface area contributed by atoms with Crippen LogP contribution in [-0.2, 0) is 6.54 Å². The molecule has 1 aromatic carbocycles. The molecule has 0 bridgehead atoms. The molecule has 0 amide bonds. The van der Waals surface area contributed by atoms with E-state index in [1.165, 1.54) is 11.3 Å². The second kappa shape index (κ2) is 5.64. The van der Waals surface area contributed by atoms with E-state index in [4.69, 9.17) is 0 Å². The van der Waals surface area contributed by atoms with Gasteiger partial charge in [-0.05, 0) is 19.0 Å². The molecule has 0 aliphatic heterocycles. The van der Waals surface area contributed by atoms with Crippen LogP contribution in [0.3, 0.4) is 0 Å². The van der Waals surface area contributed by atoms with Crippen molar-refractivity contribution in [3.8, 4) is 0 Å². The molecule has 1 atom stereocenters. The Bertz CT molecular complexity index is 448. The van der Waals surface area contributed by atoms with Crippen molar-refractivity contribution in [2.45, 2.75) is 26.4 Å². The first-order valence-electron chi connectivity index (χ1n) is 6.09. The Morgan fingerprint density at radius 1 is 1.29 bits per heavy atom. The summed E-state index contributed by atoms with van der Waals surface area (Å²) in [6, 6.07) is 10.8. The topological polar surface area (TPSA) is 29.9 Å². The maximum Gasteiger partial charge on any atom is 0.0954 e. The van der Waals surface area contributed by atoms with Gasteiger partial charge in [-0.15, -0.1) is 0 Å². The summed E-state index contributed by atoms with van der Waals surface area (Å²) in [5.74, 6) is 0. The molecule has 3 nitrogen and oxygen atoms in total. The average Bonchev–Trinajstić information content (AvgIpc) is 2.84. The van der Waals surface area contributed by atoms with Gasteiger partial charge in [0, 0.05) is 12.7 Å². The monoisotopic (exact) mass is 229 g/mol. The van der Waals surface area contributed by atoms with Gasteiger partial charge >= 0.3 is 0 Å². The van der Waals surface area contributed by atoms with E-state index in [1.807, 2.05) is 18.6 Å². The lowest BCUT2D eigenvalue weighted by atomic mass is 10.1. The van der Waals surface area contributed by atoms with Crippen molar-refractivity contribution in [1.82, 2.24) is 14.9 Å². The van der Waals surface area contributed by atoms with Gasteiger partial charge in [0.2, 0.25) is 0 Å². The molecule has 2 aromatic rings. The van der Waals surface area contributed by atoms with Crippen molar-refractivity contribution in [1.29, 1.82) is 0 Å². The van der Waals surface area contributed by atoms with Crippen molar-refractivity contribution < 1.29 is 0 Å². The smallest absolute Gasteiger partial charge is 0.0954 e. The second-order valence-corrected chi connectivity index (χ2v) is 4.16. The first-order valence-corrected chi connectivity index (χ1v) is 6.09. The maximum absolute atomic E-state index is 4.24. The Hall–Kier alpha value is -1.61. The molecule has 0 aliphatic rings. The third-order valence-corrected chi connectivity index (χ3v) is 3.00. The number of nitrogens with zero attached hydrogens (tertiary/aromatic N) is 2. The number of hydrogen-bond acceptors (Lipinski definition) is 2. The Kier molecular flexibility index (Phi) is 3.94. The van der Waals surface area contributed by atoms with Crippen LogP contribution in [0.2, 0.25) is 0 Å². The van der Waals surface area contributed by atoms with Gasteiger partial charge in [0.1, 0.15) is 0 Å². The van der Waals surface area contributed by atoms with Crippen LogP contribution in [0.4, 0.5) is 0 Å². The van der Waals surface area contributed by atoms with Gasteiger partial charge in [0.25, 0.3) is 0 Å². The number of aromatic nitrogens is 2. The van der Waals surface area contributed by atoms with Crippen molar-refractivity contribution >= 4 is 0 Å². The number of benzene rings is 1. The molecule has 0 spiro atoms. The van der Waals surface area contributed by atoms with E-state index in [2.05, 4.69) is 53.0 Å². The van der Waals surface area contributed by atoms with Gasteiger partial charge < -0.3 is 9.88 Å². The standard InChI is InChI=1S/C14H19N3/c1-3-15-9-14-10-16-11-17(14)12(2)13-7-5-4-6-8-13/h4-8,10-12,15H,3,9H2,1-2H3. The van der Waals surface area contributed by atoms with Crippen molar-refractivity contribution in [2.75, 3.05) is 6.54 Å². The minimum Gasteiger partial charge on any atom is -0.326 e. The molecule has 2 rings (SSSR count). The summed E-state index contributed by atoms with van der Waals surface area (Å²) in [5.41, 5.74) is 2.53. The molecule has 1 aromatic heterocycles. The molecular formula is C14H19N3. The lowest BCUT2D eigenvalue weighted by Crippen LogP contribution is -2.17. The minimum atomic E-state index is 0.326. The second-order valence-electron chi connectivity index (χ2n) is 4.16. The summed E-state index contributed by atoms with van der Waals surface area (Å²) in [4.78, 5) is 4.24. The van der Waals surface area contributed by atoms with Gasteiger partial charge in [0.15, 0.2) is 0 Å². The number of rotatable bonds is 5. The van der Waals surface area contributed by atoms with Gasteiger partial charge in [0.05, 0.1) is 18.1 Å². The van der Waals surface area contributed by atoms with E-state index < -0.39 is 0 Å². The van der Waals surface area contributed by atoms with E-state index in [0.29, 0.717) is 6.04 Å². The number of imidazole rings is 1. The van der Waals surface area contributed by atoms with Crippen LogP contribution in [-0.4, -0.2) is 16.1 Å². The van der Waals surface area contributed by atoms with Gasteiger partial charge in [-0.2, -0.15) is 0 Å². The molecule has 90 valence electrons. The molecule has 1 heterocycles. The quantitative estimate of drug-likeness (QED) is 0.854. The van der Waals surface area contributed by atoms with Crippen molar-refractivity contribution in [3.05, 3.63) is 54.1 Å². The molecule has 0 saturated carbocycles. The van der Waals surface area contributed by atoms with Crippen molar-refractivity contribution in [2.24, 2.45) is 0 Å². The first kappa shape index (κ1) is 11.9. The van der Waals surface area contributed by atoms with E-state index in [-0.39, 0.29) is 0 Å². The Labute approximate surface area is 103 Å². The molecule has 0 radical (unpaired) electrons. The first-order chi connectivity index (χ1) is 8.33. The van der Waals surface area contributed by atoms with Crippen LogP contribution < -0.4 is 5.32 Å². The van der Waals surface area contributed by atoms with Gasteiger partial charge in [-0.25, -0.2) is 4.98 Å². The van der Waals surface area contributed by atoms with Gasteiger partial charge in [-0.1, -0.05) is 37.3 Å². The number of hydrogen-bond donors (Lipinski definition) is 1. The van der Waals surface area contributed by atoms with E-state index in [0.717, 1.165) is 13.1 Å². The predicted octanol–water partition coefficient (Wildman–Crippen LogP) is 2.60. The summed E-state index contributed by atoms with van der Waals surface area (Å²) in [6.45, 7) is 6.16. The van der Waals surface area contributed by atoms with Gasteiger partial charge in [-0.3, -0.25) is 0 Å². The highest BCUT2D eigenvalue weighted by molar-refractivity contribution is 5.20. The van der Waals surface area contributed by atoms with E-state index >= 15 is 0 Å². The highest BCUT2D eigenvalue weighted by Gasteiger charge is 2.10. The molecule has 1 N–H and O–H groups in total. The fraction of sp³-hybridized carbons (Fsp3) is 0.357. The summed E-state index contributed by atoms with van der Waals surface area (Å²) in [6.07, 6.45) is 3.84. The maximum atomic E-state index is 4.24. The van der Waals surface area contributed by atoms with Crippen molar-refractivity contribution in [3.63, 3.8) is 0 Å². The zero-order chi connectivity index (χ0) is 12.1. The summed E-state index contributed by atoms with van der Waals surface area (Å²) in [7, 11) is 0. The van der Waals surface area contributed by atoms with Crippen LogP contribution in [0.25, 0.3) is 0 Å².